The number of piperidine rings is 1. The molecular weight excluding hydrogens is 304 g/mol. The molecule has 2 saturated heterocycles. The first-order valence-electron chi connectivity index (χ1n) is 8.60. The minimum Gasteiger partial charge on any atom is -0.383 e. The molecule has 0 amide bonds. The Kier molecular flexibility index (Phi) is 6.23. The van der Waals surface area contributed by atoms with Gasteiger partial charge in [0.25, 0.3) is 0 Å². The van der Waals surface area contributed by atoms with Crippen LogP contribution in [-0.2, 0) is 9.47 Å². The van der Waals surface area contributed by atoms with Crippen LogP contribution < -0.4 is 16.4 Å². The third-order valence-corrected chi connectivity index (χ3v) is 4.21. The van der Waals surface area contributed by atoms with Gasteiger partial charge >= 0.3 is 0 Å². The molecule has 1 aromatic carbocycles. The lowest BCUT2D eigenvalue weighted by Gasteiger charge is -2.25. The minimum atomic E-state index is 0.524. The van der Waals surface area contributed by atoms with Crippen molar-refractivity contribution in [2.45, 2.75) is 18.9 Å². The van der Waals surface area contributed by atoms with Gasteiger partial charge in [0.2, 0.25) is 0 Å². The van der Waals surface area contributed by atoms with E-state index in [2.05, 4.69) is 27.8 Å². The molecule has 0 radical (unpaired) electrons. The van der Waals surface area contributed by atoms with E-state index in [1.54, 1.807) is 6.20 Å². The van der Waals surface area contributed by atoms with Crippen molar-refractivity contribution in [1.29, 1.82) is 0 Å². The van der Waals surface area contributed by atoms with Gasteiger partial charge in [0, 0.05) is 29.9 Å². The van der Waals surface area contributed by atoms with Crippen molar-refractivity contribution in [2.75, 3.05) is 50.6 Å². The Labute approximate surface area is 142 Å². The predicted molar refractivity (Wildman–Crippen MR) is 97.3 cm³/mol. The van der Waals surface area contributed by atoms with E-state index in [1.165, 1.54) is 12.8 Å². The lowest BCUT2D eigenvalue weighted by molar-refractivity contribution is -0.0334. The van der Waals surface area contributed by atoms with Crippen LogP contribution in [0.5, 0.6) is 0 Å². The Balaban J connectivity index is 0.000000238. The molecule has 130 valence electrons. The van der Waals surface area contributed by atoms with Crippen molar-refractivity contribution in [3.05, 3.63) is 30.5 Å². The number of fused-ring (bicyclic) bond motifs is 1. The van der Waals surface area contributed by atoms with Gasteiger partial charge in [-0.15, -0.1) is 0 Å². The average molecular weight is 330 g/mol. The van der Waals surface area contributed by atoms with E-state index in [4.69, 9.17) is 15.2 Å². The molecule has 2 aliphatic heterocycles. The summed E-state index contributed by atoms with van der Waals surface area (Å²) in [5.41, 5.74) is 7.00. The van der Waals surface area contributed by atoms with Crippen LogP contribution in [0.25, 0.3) is 10.8 Å². The Morgan fingerprint density at radius 1 is 1.12 bits per heavy atom. The standard InChI is InChI=1S/C14H18N4.C4H8O2/c15-14-13-4-3-11(8-10(13)5-7-17-14)18-12-2-1-6-16-9-12;1-2-6-4-3-5-1/h3-5,7-8,12,16,18H,1-2,6,9H2,(H2,15,17);1-4H2. The van der Waals surface area contributed by atoms with Gasteiger partial charge < -0.3 is 25.8 Å². The van der Waals surface area contributed by atoms with Crippen molar-refractivity contribution in [2.24, 2.45) is 0 Å². The Hall–Kier alpha value is -1.89. The summed E-state index contributed by atoms with van der Waals surface area (Å²) in [5, 5.41) is 9.13. The molecule has 0 bridgehead atoms. The van der Waals surface area contributed by atoms with Crippen molar-refractivity contribution in [1.82, 2.24) is 10.3 Å². The van der Waals surface area contributed by atoms with Crippen LogP contribution in [0.4, 0.5) is 11.5 Å². The smallest absolute Gasteiger partial charge is 0.131 e. The summed E-state index contributed by atoms with van der Waals surface area (Å²) in [7, 11) is 0. The van der Waals surface area contributed by atoms with Gasteiger partial charge in [0.1, 0.15) is 5.82 Å². The molecule has 6 nitrogen and oxygen atoms in total. The summed E-state index contributed by atoms with van der Waals surface area (Å²) in [4.78, 5) is 4.10. The highest BCUT2D eigenvalue weighted by molar-refractivity contribution is 5.92. The van der Waals surface area contributed by atoms with Crippen LogP contribution in [0.3, 0.4) is 0 Å². The van der Waals surface area contributed by atoms with Gasteiger partial charge in [-0.25, -0.2) is 4.98 Å². The lowest BCUT2D eigenvalue weighted by atomic mass is 10.1. The number of nitrogens with one attached hydrogen (secondary N) is 2. The largest absolute Gasteiger partial charge is 0.383 e. The fourth-order valence-electron chi connectivity index (χ4n) is 2.94. The predicted octanol–water partition coefficient (Wildman–Crippen LogP) is 2.01. The number of hydrogen-bond acceptors (Lipinski definition) is 6. The zero-order valence-electron chi connectivity index (χ0n) is 14.0. The van der Waals surface area contributed by atoms with Crippen molar-refractivity contribution in [3.63, 3.8) is 0 Å². The normalized spacial score (nSPS) is 20.9. The van der Waals surface area contributed by atoms with E-state index in [9.17, 15) is 0 Å². The SMILES string of the molecule is C1COCCO1.Nc1nccc2cc(NC3CCCNC3)ccc12. The summed E-state index contributed by atoms with van der Waals surface area (Å²) in [5.74, 6) is 0.596. The Morgan fingerprint density at radius 2 is 1.92 bits per heavy atom. The van der Waals surface area contributed by atoms with E-state index < -0.39 is 0 Å². The molecule has 1 atom stereocenters. The van der Waals surface area contributed by atoms with Crippen molar-refractivity contribution in [3.8, 4) is 0 Å². The molecule has 0 saturated carbocycles. The van der Waals surface area contributed by atoms with E-state index in [0.717, 1.165) is 56.0 Å². The molecule has 2 aromatic rings. The molecule has 0 aliphatic carbocycles. The summed E-state index contributed by atoms with van der Waals surface area (Å²) < 4.78 is 9.89. The topological polar surface area (TPSA) is 81.4 Å². The molecule has 2 fully saturated rings. The highest BCUT2D eigenvalue weighted by Gasteiger charge is 2.12. The number of aromatic nitrogens is 1. The average Bonchev–Trinajstić information content (AvgIpc) is 2.65. The molecule has 2 aliphatic rings. The number of rotatable bonds is 2. The van der Waals surface area contributed by atoms with E-state index >= 15 is 0 Å². The molecule has 24 heavy (non-hydrogen) atoms. The molecule has 6 heteroatoms. The van der Waals surface area contributed by atoms with Crippen LogP contribution in [-0.4, -0.2) is 50.5 Å². The second-order valence-electron chi connectivity index (χ2n) is 6.04. The number of pyridine rings is 1. The fraction of sp³-hybridized carbons (Fsp3) is 0.500. The monoisotopic (exact) mass is 330 g/mol. The van der Waals surface area contributed by atoms with Crippen molar-refractivity contribution < 1.29 is 9.47 Å². The van der Waals surface area contributed by atoms with Crippen molar-refractivity contribution >= 4 is 22.3 Å². The number of nitrogens with zero attached hydrogens (tertiary/aromatic N) is 1. The zero-order chi connectivity index (χ0) is 16.6. The van der Waals surface area contributed by atoms with Gasteiger partial charge in [-0.3, -0.25) is 0 Å². The fourth-order valence-corrected chi connectivity index (χ4v) is 2.94. The highest BCUT2D eigenvalue weighted by atomic mass is 16.6. The van der Waals surface area contributed by atoms with Gasteiger partial charge in [0.05, 0.1) is 26.4 Å². The first kappa shape index (κ1) is 17.0. The number of benzene rings is 1. The molecule has 3 heterocycles. The van der Waals surface area contributed by atoms with Gasteiger partial charge in [-0.2, -0.15) is 0 Å². The van der Waals surface area contributed by atoms with Crippen LogP contribution in [0, 0.1) is 0 Å². The first-order chi connectivity index (χ1) is 11.8. The van der Waals surface area contributed by atoms with Crippen LogP contribution in [0.15, 0.2) is 30.5 Å². The van der Waals surface area contributed by atoms with Gasteiger partial charge in [0.15, 0.2) is 0 Å². The summed E-state index contributed by atoms with van der Waals surface area (Å²) in [6, 6.07) is 8.78. The molecule has 0 spiro atoms. The zero-order valence-corrected chi connectivity index (χ0v) is 14.0. The molecule has 4 rings (SSSR count). The third kappa shape index (κ3) is 4.80. The summed E-state index contributed by atoms with van der Waals surface area (Å²) in [6.45, 7) is 5.29. The summed E-state index contributed by atoms with van der Waals surface area (Å²) >= 11 is 0. The number of nitrogen functional groups attached to an aromatic ring is 1. The maximum Gasteiger partial charge on any atom is 0.131 e. The Bertz CT molecular complexity index is 628. The van der Waals surface area contributed by atoms with Crippen LogP contribution in [0.1, 0.15) is 12.8 Å². The molecule has 1 unspecified atom stereocenters. The van der Waals surface area contributed by atoms with E-state index in [0.29, 0.717) is 11.9 Å². The quantitative estimate of drug-likeness (QED) is 0.781. The molecule has 4 N–H and O–H groups in total. The first-order valence-corrected chi connectivity index (χ1v) is 8.60. The minimum absolute atomic E-state index is 0.524. The van der Waals surface area contributed by atoms with Gasteiger partial charge in [-0.1, -0.05) is 0 Å². The van der Waals surface area contributed by atoms with E-state index in [1.807, 2.05) is 12.1 Å². The molecular formula is C18H26N4O2. The summed E-state index contributed by atoms with van der Waals surface area (Å²) in [6.07, 6.45) is 4.22. The Morgan fingerprint density at radius 3 is 2.58 bits per heavy atom. The van der Waals surface area contributed by atoms with Crippen LogP contribution in [0.2, 0.25) is 0 Å². The second-order valence-corrected chi connectivity index (χ2v) is 6.04. The number of nitrogens with two attached hydrogens (primary N) is 1. The maximum absolute atomic E-state index is 5.85. The third-order valence-electron chi connectivity index (χ3n) is 4.21. The van der Waals surface area contributed by atoms with Crippen LogP contribution >= 0.6 is 0 Å². The maximum atomic E-state index is 5.85. The van der Waals surface area contributed by atoms with Gasteiger partial charge in [-0.05, 0) is 49.0 Å². The highest BCUT2D eigenvalue weighted by Crippen LogP contribution is 2.23. The second kappa shape index (κ2) is 8.82. The van der Waals surface area contributed by atoms with E-state index in [-0.39, 0.29) is 0 Å². The lowest BCUT2D eigenvalue weighted by Crippen LogP contribution is -2.38. The number of hydrogen-bond donors (Lipinski definition) is 3. The molecule has 1 aromatic heterocycles. The number of anilines is 2. The number of ether oxygens (including phenoxy) is 2.